The zero-order valence-electron chi connectivity index (χ0n) is 10.8. The molecule has 0 aromatic carbocycles. The molecule has 2 aliphatic carbocycles. The van der Waals surface area contributed by atoms with E-state index in [-0.39, 0.29) is 29.7 Å². The van der Waals surface area contributed by atoms with Gasteiger partial charge in [-0.15, -0.1) is 0 Å². The zero-order chi connectivity index (χ0) is 13.1. The van der Waals surface area contributed by atoms with Gasteiger partial charge in [0.25, 0.3) is 0 Å². The van der Waals surface area contributed by atoms with E-state index in [1.54, 1.807) is 6.08 Å². The van der Waals surface area contributed by atoms with Crippen LogP contribution in [0.4, 0.5) is 0 Å². The number of rotatable bonds is 0. The molecule has 0 aromatic rings. The highest BCUT2D eigenvalue weighted by atomic mass is 16.6. The maximum atomic E-state index is 12.0. The van der Waals surface area contributed by atoms with Crippen LogP contribution in [0.2, 0.25) is 0 Å². The van der Waals surface area contributed by atoms with Gasteiger partial charge in [0, 0.05) is 16.9 Å². The topological polar surface area (TPSA) is 43.4 Å². The normalized spacial score (nSPS) is 46.7. The standard InChI is InChI=1S/C15H18O3/c1-8-13-10(4-6-11(13)16)5-7-12-15(8,3)9(2)14(17)18-12/h4,6,8,10,12-13H,2,5,7H2,1,3H3. The van der Waals surface area contributed by atoms with Crippen molar-refractivity contribution in [2.45, 2.75) is 32.8 Å². The Morgan fingerprint density at radius 1 is 1.39 bits per heavy atom. The minimum absolute atomic E-state index is 0.00810. The van der Waals surface area contributed by atoms with Crippen LogP contribution < -0.4 is 0 Å². The fourth-order valence-electron chi connectivity index (χ4n) is 3.93. The fourth-order valence-corrected chi connectivity index (χ4v) is 3.93. The Kier molecular flexibility index (Phi) is 2.31. The lowest BCUT2D eigenvalue weighted by atomic mass is 9.65. The molecule has 2 fully saturated rings. The van der Waals surface area contributed by atoms with Crippen LogP contribution in [0.25, 0.3) is 0 Å². The van der Waals surface area contributed by atoms with Gasteiger partial charge in [0.05, 0.1) is 0 Å². The van der Waals surface area contributed by atoms with Crippen molar-refractivity contribution in [3.8, 4) is 0 Å². The summed E-state index contributed by atoms with van der Waals surface area (Å²) < 4.78 is 5.46. The van der Waals surface area contributed by atoms with Crippen molar-refractivity contribution in [3.05, 3.63) is 24.3 Å². The molecule has 0 radical (unpaired) electrons. The monoisotopic (exact) mass is 246 g/mol. The van der Waals surface area contributed by atoms with E-state index in [0.717, 1.165) is 12.8 Å². The molecule has 0 bridgehead atoms. The molecule has 5 unspecified atom stereocenters. The highest BCUT2D eigenvalue weighted by molar-refractivity contribution is 5.96. The van der Waals surface area contributed by atoms with Crippen LogP contribution in [0, 0.1) is 23.2 Å². The van der Waals surface area contributed by atoms with Crippen molar-refractivity contribution >= 4 is 11.8 Å². The molecule has 3 rings (SSSR count). The van der Waals surface area contributed by atoms with Gasteiger partial charge >= 0.3 is 5.97 Å². The van der Waals surface area contributed by atoms with E-state index in [4.69, 9.17) is 4.74 Å². The Balaban J connectivity index is 2.05. The number of allylic oxidation sites excluding steroid dienone is 2. The van der Waals surface area contributed by atoms with Crippen LogP contribution in [0.5, 0.6) is 0 Å². The number of carbonyl (C=O) groups is 2. The number of esters is 1. The Bertz CT molecular complexity index is 476. The Morgan fingerprint density at radius 3 is 2.83 bits per heavy atom. The second-order valence-corrected chi connectivity index (χ2v) is 5.97. The number of carbonyl (C=O) groups excluding carboxylic acids is 2. The number of ketones is 1. The van der Waals surface area contributed by atoms with Gasteiger partial charge < -0.3 is 4.74 Å². The molecule has 1 saturated heterocycles. The highest BCUT2D eigenvalue weighted by Gasteiger charge is 2.57. The molecule has 96 valence electrons. The van der Waals surface area contributed by atoms with Gasteiger partial charge in [-0.3, -0.25) is 4.79 Å². The smallest absolute Gasteiger partial charge is 0.334 e. The largest absolute Gasteiger partial charge is 0.458 e. The number of hydrogen-bond donors (Lipinski definition) is 0. The van der Waals surface area contributed by atoms with Crippen LogP contribution in [-0.4, -0.2) is 17.9 Å². The molecule has 18 heavy (non-hydrogen) atoms. The summed E-state index contributed by atoms with van der Waals surface area (Å²) in [6, 6.07) is 0. The maximum Gasteiger partial charge on any atom is 0.334 e. The summed E-state index contributed by atoms with van der Waals surface area (Å²) in [6.45, 7) is 8.01. The molecule has 3 aliphatic rings. The molecule has 3 nitrogen and oxygen atoms in total. The van der Waals surface area contributed by atoms with E-state index in [1.165, 1.54) is 0 Å². The maximum absolute atomic E-state index is 12.0. The van der Waals surface area contributed by atoms with E-state index in [0.29, 0.717) is 11.5 Å². The quantitative estimate of drug-likeness (QED) is 0.486. The Labute approximate surface area is 107 Å². The van der Waals surface area contributed by atoms with Gasteiger partial charge in [0.1, 0.15) is 6.10 Å². The van der Waals surface area contributed by atoms with Gasteiger partial charge in [0.15, 0.2) is 5.78 Å². The zero-order valence-corrected chi connectivity index (χ0v) is 10.8. The molecule has 1 heterocycles. The summed E-state index contributed by atoms with van der Waals surface area (Å²) in [5.74, 6) is 0.303. The molecule has 0 N–H and O–H groups in total. The second kappa shape index (κ2) is 3.56. The minimum atomic E-state index is -0.391. The van der Waals surface area contributed by atoms with Crippen molar-refractivity contribution in [2.24, 2.45) is 23.2 Å². The van der Waals surface area contributed by atoms with E-state index >= 15 is 0 Å². The average molecular weight is 246 g/mol. The minimum Gasteiger partial charge on any atom is -0.458 e. The van der Waals surface area contributed by atoms with Gasteiger partial charge in [-0.2, -0.15) is 0 Å². The molecule has 0 spiro atoms. The van der Waals surface area contributed by atoms with E-state index < -0.39 is 5.41 Å². The van der Waals surface area contributed by atoms with Crippen molar-refractivity contribution in [2.75, 3.05) is 0 Å². The van der Waals surface area contributed by atoms with Crippen molar-refractivity contribution < 1.29 is 14.3 Å². The molecular formula is C15H18O3. The number of ether oxygens (including phenoxy) is 1. The van der Waals surface area contributed by atoms with E-state index in [2.05, 4.69) is 13.5 Å². The molecular weight excluding hydrogens is 228 g/mol. The summed E-state index contributed by atoms with van der Waals surface area (Å²) in [5, 5.41) is 0. The summed E-state index contributed by atoms with van der Waals surface area (Å²) in [7, 11) is 0. The molecule has 0 aromatic heterocycles. The molecule has 3 heteroatoms. The van der Waals surface area contributed by atoms with Gasteiger partial charge in [-0.05, 0) is 30.8 Å². The first-order valence-corrected chi connectivity index (χ1v) is 6.58. The molecule has 1 aliphatic heterocycles. The Hall–Kier alpha value is -1.38. The number of hydrogen-bond acceptors (Lipinski definition) is 3. The molecule has 5 atom stereocenters. The van der Waals surface area contributed by atoms with Gasteiger partial charge in [-0.25, -0.2) is 4.79 Å². The SMILES string of the molecule is C=C1C(=O)OC2CCC3C=CC(=O)C3C(C)C12C. The first-order valence-electron chi connectivity index (χ1n) is 6.58. The van der Waals surface area contributed by atoms with Crippen LogP contribution in [-0.2, 0) is 14.3 Å². The van der Waals surface area contributed by atoms with E-state index in [9.17, 15) is 9.59 Å². The lowest BCUT2D eigenvalue weighted by Crippen LogP contribution is -2.39. The third kappa shape index (κ3) is 1.25. The van der Waals surface area contributed by atoms with Crippen LogP contribution >= 0.6 is 0 Å². The van der Waals surface area contributed by atoms with Gasteiger partial charge in [0.2, 0.25) is 0 Å². The van der Waals surface area contributed by atoms with Gasteiger partial charge in [-0.1, -0.05) is 26.5 Å². The second-order valence-electron chi connectivity index (χ2n) is 5.97. The van der Waals surface area contributed by atoms with E-state index in [1.807, 2.05) is 13.0 Å². The average Bonchev–Trinajstić information content (AvgIpc) is 2.77. The summed E-state index contributed by atoms with van der Waals surface area (Å²) >= 11 is 0. The first-order chi connectivity index (χ1) is 8.46. The summed E-state index contributed by atoms with van der Waals surface area (Å²) in [6.07, 6.45) is 5.36. The number of fused-ring (bicyclic) bond motifs is 2. The lowest BCUT2D eigenvalue weighted by molar-refractivity contribution is -0.140. The van der Waals surface area contributed by atoms with Crippen molar-refractivity contribution in [3.63, 3.8) is 0 Å². The molecule has 1 saturated carbocycles. The predicted octanol–water partition coefficient (Wildman–Crippen LogP) is 2.28. The fraction of sp³-hybridized carbons (Fsp3) is 0.600. The van der Waals surface area contributed by atoms with Crippen molar-refractivity contribution in [1.82, 2.24) is 0 Å². The molecule has 0 amide bonds. The predicted molar refractivity (Wildman–Crippen MR) is 66.7 cm³/mol. The van der Waals surface area contributed by atoms with Crippen molar-refractivity contribution in [1.29, 1.82) is 0 Å². The highest BCUT2D eigenvalue weighted by Crippen LogP contribution is 2.55. The Morgan fingerprint density at radius 2 is 2.11 bits per heavy atom. The third-order valence-corrected chi connectivity index (χ3v) is 5.36. The van der Waals surface area contributed by atoms with Crippen LogP contribution in [0.15, 0.2) is 24.3 Å². The third-order valence-electron chi connectivity index (χ3n) is 5.36. The van der Waals surface area contributed by atoms with Crippen LogP contribution in [0.1, 0.15) is 26.7 Å². The first kappa shape index (κ1) is 11.7. The van der Waals surface area contributed by atoms with Crippen LogP contribution in [0.3, 0.4) is 0 Å². The summed E-state index contributed by atoms with van der Waals surface area (Å²) in [4.78, 5) is 23.8. The lowest BCUT2D eigenvalue weighted by Gasteiger charge is -2.36. The summed E-state index contributed by atoms with van der Waals surface area (Å²) in [5.41, 5.74) is 0.151.